The van der Waals surface area contributed by atoms with Crippen LogP contribution in [-0.4, -0.2) is 40.2 Å². The summed E-state index contributed by atoms with van der Waals surface area (Å²) in [4.78, 5) is 25.0. The van der Waals surface area contributed by atoms with E-state index in [9.17, 15) is 9.59 Å². The van der Waals surface area contributed by atoms with Gasteiger partial charge in [0.05, 0.1) is 11.4 Å². The number of hydrogen-bond donors (Lipinski definition) is 1. The smallest absolute Gasteiger partial charge is 0.240 e. The Balaban J connectivity index is 4.41. The van der Waals surface area contributed by atoms with E-state index >= 15 is 0 Å². The molecule has 0 bridgehead atoms. The average Bonchev–Trinajstić information content (AvgIpc) is 2.21. The maximum Gasteiger partial charge on any atom is 0.240 e. The number of amides is 2. The maximum absolute atomic E-state index is 11.9. The molecule has 0 saturated carbocycles. The molecule has 17 heavy (non-hydrogen) atoms. The normalized spacial score (nSPS) is 13.1. The predicted molar refractivity (Wildman–Crippen MR) is 73.2 cm³/mol. The monoisotopic (exact) mass is 306 g/mol. The zero-order valence-electron chi connectivity index (χ0n) is 11.3. The number of nitrogens with one attached hydrogen (secondary N) is 1. The molecule has 0 aromatic carbocycles. The Hall–Kier alpha value is -0.580. The summed E-state index contributed by atoms with van der Waals surface area (Å²) < 4.78 is 0. The standard InChI is InChI=1S/C12H23BrN2O2/c1-6-9(13)11(17)15(7-2)8-10(16)14-12(3,4)5/h9H,6-8H2,1-5H3,(H,14,16). The van der Waals surface area contributed by atoms with Crippen molar-refractivity contribution in [2.24, 2.45) is 0 Å². The van der Waals surface area contributed by atoms with Gasteiger partial charge >= 0.3 is 0 Å². The lowest BCUT2D eigenvalue weighted by Gasteiger charge is -2.26. The first-order valence-corrected chi connectivity index (χ1v) is 6.86. The molecule has 0 aromatic rings. The molecule has 0 saturated heterocycles. The average molecular weight is 307 g/mol. The highest BCUT2D eigenvalue weighted by Gasteiger charge is 2.22. The molecule has 0 radical (unpaired) electrons. The molecule has 0 fully saturated rings. The molecule has 2 amide bonds. The van der Waals surface area contributed by atoms with E-state index in [1.165, 1.54) is 0 Å². The van der Waals surface area contributed by atoms with E-state index in [-0.39, 0.29) is 28.7 Å². The van der Waals surface area contributed by atoms with E-state index in [0.717, 1.165) is 6.42 Å². The van der Waals surface area contributed by atoms with Gasteiger partial charge in [0.2, 0.25) is 11.8 Å². The molecule has 0 heterocycles. The second-order valence-corrected chi connectivity index (χ2v) is 6.13. The first-order valence-electron chi connectivity index (χ1n) is 5.95. The number of likely N-dealkylation sites (N-methyl/N-ethyl adjacent to an activating group) is 1. The number of halogens is 1. The second-order valence-electron chi connectivity index (χ2n) is 5.03. The van der Waals surface area contributed by atoms with E-state index < -0.39 is 0 Å². The molecule has 1 N–H and O–H groups in total. The Morgan fingerprint density at radius 1 is 1.29 bits per heavy atom. The van der Waals surface area contributed by atoms with Gasteiger partial charge in [0.1, 0.15) is 0 Å². The van der Waals surface area contributed by atoms with Crippen LogP contribution >= 0.6 is 15.9 Å². The zero-order valence-corrected chi connectivity index (χ0v) is 12.9. The van der Waals surface area contributed by atoms with Crippen LogP contribution in [0.5, 0.6) is 0 Å². The van der Waals surface area contributed by atoms with Gasteiger partial charge in [0, 0.05) is 12.1 Å². The molecule has 1 unspecified atom stereocenters. The van der Waals surface area contributed by atoms with Crippen molar-refractivity contribution in [1.82, 2.24) is 10.2 Å². The van der Waals surface area contributed by atoms with Crippen molar-refractivity contribution in [2.75, 3.05) is 13.1 Å². The molecule has 0 aliphatic rings. The summed E-state index contributed by atoms with van der Waals surface area (Å²) in [6, 6.07) is 0. The van der Waals surface area contributed by atoms with Crippen molar-refractivity contribution in [3.05, 3.63) is 0 Å². The predicted octanol–water partition coefficient (Wildman–Crippen LogP) is 1.92. The molecule has 0 rings (SSSR count). The van der Waals surface area contributed by atoms with Gasteiger partial charge in [-0.2, -0.15) is 0 Å². The topological polar surface area (TPSA) is 49.4 Å². The first-order chi connectivity index (χ1) is 7.71. The minimum atomic E-state index is -0.266. The minimum absolute atomic E-state index is 0.0286. The first kappa shape index (κ1) is 16.4. The van der Waals surface area contributed by atoms with Crippen molar-refractivity contribution >= 4 is 27.7 Å². The highest BCUT2D eigenvalue weighted by molar-refractivity contribution is 9.10. The van der Waals surface area contributed by atoms with Crippen molar-refractivity contribution in [3.63, 3.8) is 0 Å². The van der Waals surface area contributed by atoms with Crippen LogP contribution in [0, 0.1) is 0 Å². The van der Waals surface area contributed by atoms with E-state index in [4.69, 9.17) is 0 Å². The Kier molecular flexibility index (Phi) is 6.75. The Morgan fingerprint density at radius 3 is 2.18 bits per heavy atom. The van der Waals surface area contributed by atoms with Crippen LogP contribution in [0.15, 0.2) is 0 Å². The van der Waals surface area contributed by atoms with Gasteiger partial charge in [0.25, 0.3) is 0 Å². The Bertz CT molecular complexity index is 274. The van der Waals surface area contributed by atoms with Crippen LogP contribution in [0.4, 0.5) is 0 Å². The van der Waals surface area contributed by atoms with Crippen molar-refractivity contribution in [2.45, 2.75) is 51.4 Å². The lowest BCUT2D eigenvalue weighted by molar-refractivity contribution is -0.135. The molecule has 100 valence electrons. The molecule has 1 atom stereocenters. The van der Waals surface area contributed by atoms with Gasteiger partial charge in [-0.1, -0.05) is 22.9 Å². The largest absolute Gasteiger partial charge is 0.350 e. The lowest BCUT2D eigenvalue weighted by atomic mass is 10.1. The van der Waals surface area contributed by atoms with Crippen LogP contribution in [0.2, 0.25) is 0 Å². The van der Waals surface area contributed by atoms with Crippen LogP contribution in [0.1, 0.15) is 41.0 Å². The molecule has 0 spiro atoms. The maximum atomic E-state index is 11.9. The van der Waals surface area contributed by atoms with E-state index in [1.807, 2.05) is 34.6 Å². The van der Waals surface area contributed by atoms with Crippen LogP contribution in [-0.2, 0) is 9.59 Å². The summed E-state index contributed by atoms with van der Waals surface area (Å²) in [6.45, 7) is 10.2. The van der Waals surface area contributed by atoms with E-state index in [2.05, 4.69) is 21.2 Å². The van der Waals surface area contributed by atoms with E-state index in [0.29, 0.717) is 6.54 Å². The van der Waals surface area contributed by atoms with Crippen molar-refractivity contribution in [3.8, 4) is 0 Å². The summed E-state index contributed by atoms with van der Waals surface area (Å²) in [5.41, 5.74) is -0.266. The summed E-state index contributed by atoms with van der Waals surface area (Å²) >= 11 is 3.31. The van der Waals surface area contributed by atoms with Crippen LogP contribution in [0.25, 0.3) is 0 Å². The molecular weight excluding hydrogens is 284 g/mol. The van der Waals surface area contributed by atoms with E-state index in [1.54, 1.807) is 4.90 Å². The Morgan fingerprint density at radius 2 is 1.82 bits per heavy atom. The number of carbonyl (C=O) groups excluding carboxylic acids is 2. The SMILES string of the molecule is CCC(Br)C(=O)N(CC)CC(=O)NC(C)(C)C. The second kappa shape index (κ2) is 6.99. The fourth-order valence-electron chi connectivity index (χ4n) is 1.35. The summed E-state index contributed by atoms with van der Waals surface area (Å²) in [7, 11) is 0. The van der Waals surface area contributed by atoms with Gasteiger partial charge in [-0.05, 0) is 34.1 Å². The number of hydrogen-bond acceptors (Lipinski definition) is 2. The quantitative estimate of drug-likeness (QED) is 0.789. The van der Waals surface area contributed by atoms with Crippen LogP contribution in [0.3, 0.4) is 0 Å². The molecule has 0 aliphatic carbocycles. The zero-order chi connectivity index (χ0) is 13.6. The summed E-state index contributed by atoms with van der Waals surface area (Å²) in [5, 5.41) is 2.85. The minimum Gasteiger partial charge on any atom is -0.350 e. The van der Waals surface area contributed by atoms with Crippen LogP contribution < -0.4 is 5.32 Å². The molecule has 5 heteroatoms. The highest BCUT2D eigenvalue weighted by Crippen LogP contribution is 2.09. The fourth-order valence-corrected chi connectivity index (χ4v) is 1.64. The third-order valence-corrected chi connectivity index (χ3v) is 3.21. The molecule has 4 nitrogen and oxygen atoms in total. The number of rotatable bonds is 5. The summed E-state index contributed by atoms with van der Waals surface area (Å²) in [5.74, 6) is -0.150. The number of alkyl halides is 1. The molecule has 0 aliphatic heterocycles. The van der Waals surface area contributed by atoms with Crippen molar-refractivity contribution in [1.29, 1.82) is 0 Å². The highest BCUT2D eigenvalue weighted by atomic mass is 79.9. The molecule has 0 aromatic heterocycles. The number of carbonyl (C=O) groups is 2. The lowest BCUT2D eigenvalue weighted by Crippen LogP contribution is -2.48. The van der Waals surface area contributed by atoms with Gasteiger partial charge in [-0.3, -0.25) is 9.59 Å². The number of nitrogens with zero attached hydrogens (tertiary/aromatic N) is 1. The van der Waals surface area contributed by atoms with Crippen molar-refractivity contribution < 1.29 is 9.59 Å². The van der Waals surface area contributed by atoms with Gasteiger partial charge in [0.15, 0.2) is 0 Å². The fraction of sp³-hybridized carbons (Fsp3) is 0.833. The Labute approximate surface area is 112 Å². The van der Waals surface area contributed by atoms with Gasteiger partial charge < -0.3 is 10.2 Å². The van der Waals surface area contributed by atoms with Gasteiger partial charge in [-0.15, -0.1) is 0 Å². The summed E-state index contributed by atoms with van der Waals surface area (Å²) in [6.07, 6.45) is 0.718. The molecular formula is C12H23BrN2O2. The third kappa shape index (κ3) is 6.66. The van der Waals surface area contributed by atoms with Gasteiger partial charge in [-0.25, -0.2) is 0 Å². The third-order valence-electron chi connectivity index (χ3n) is 2.17.